The molecule has 0 bridgehead atoms. The summed E-state index contributed by atoms with van der Waals surface area (Å²) < 4.78 is 0. The largest absolute Gasteiger partial charge is 0.345 e. The summed E-state index contributed by atoms with van der Waals surface area (Å²) in [6, 6.07) is 20.3. The van der Waals surface area contributed by atoms with Crippen LogP contribution in [0.1, 0.15) is 49.3 Å². The van der Waals surface area contributed by atoms with Crippen LogP contribution in [0.15, 0.2) is 60.7 Å². The van der Waals surface area contributed by atoms with E-state index in [2.05, 4.69) is 29.6 Å². The lowest BCUT2D eigenvalue weighted by atomic mass is 9.98. The predicted octanol–water partition coefficient (Wildman–Crippen LogP) is 5.61. The molecule has 2 nitrogen and oxygen atoms in total. The minimum Gasteiger partial charge on any atom is -0.345 e. The van der Waals surface area contributed by atoms with E-state index in [1.165, 1.54) is 18.6 Å². The van der Waals surface area contributed by atoms with Crippen molar-refractivity contribution in [3.63, 3.8) is 0 Å². The standard InChI is InChI=1S/C21H25NOS2/c23-20(14-8-7-13-19-15-16-24-25-19)22-21(17-9-3-1-4-10-17)18-11-5-2-6-12-18/h1-6,9-12,19,21H,7-8,13-16H2,(H,22,23). The molecule has 25 heavy (non-hydrogen) atoms. The Morgan fingerprint density at radius 3 is 2.20 bits per heavy atom. The SMILES string of the molecule is O=C(CCCCC1CCSS1)NC(c1ccccc1)c1ccccc1. The monoisotopic (exact) mass is 371 g/mol. The van der Waals surface area contributed by atoms with Gasteiger partial charge in [0.1, 0.15) is 0 Å². The zero-order valence-electron chi connectivity index (χ0n) is 14.4. The van der Waals surface area contributed by atoms with E-state index in [1.54, 1.807) is 0 Å². The Balaban J connectivity index is 1.53. The first kappa shape index (κ1) is 18.4. The van der Waals surface area contributed by atoms with Crippen molar-refractivity contribution in [3.8, 4) is 0 Å². The van der Waals surface area contributed by atoms with Crippen molar-refractivity contribution in [2.24, 2.45) is 0 Å². The second-order valence-corrected chi connectivity index (χ2v) is 9.18. The average molecular weight is 372 g/mol. The van der Waals surface area contributed by atoms with Gasteiger partial charge in [-0.05, 0) is 30.4 Å². The molecular weight excluding hydrogens is 346 g/mol. The quantitative estimate of drug-likeness (QED) is 0.483. The Hall–Kier alpha value is -1.39. The highest BCUT2D eigenvalue weighted by Crippen LogP contribution is 2.39. The fourth-order valence-electron chi connectivity index (χ4n) is 3.11. The molecular formula is C21H25NOS2. The Bertz CT molecular complexity index is 602. The van der Waals surface area contributed by atoms with Gasteiger partial charge < -0.3 is 5.32 Å². The van der Waals surface area contributed by atoms with E-state index in [-0.39, 0.29) is 11.9 Å². The summed E-state index contributed by atoms with van der Waals surface area (Å²) in [5.74, 6) is 1.43. The fraction of sp³-hybridized carbons (Fsp3) is 0.381. The van der Waals surface area contributed by atoms with Gasteiger partial charge in [0.25, 0.3) is 0 Å². The lowest BCUT2D eigenvalue weighted by molar-refractivity contribution is -0.121. The number of nitrogens with one attached hydrogen (secondary N) is 1. The van der Waals surface area contributed by atoms with Gasteiger partial charge in [0.05, 0.1) is 6.04 Å². The van der Waals surface area contributed by atoms with E-state index < -0.39 is 0 Å². The molecule has 1 saturated heterocycles. The highest BCUT2D eigenvalue weighted by molar-refractivity contribution is 8.77. The van der Waals surface area contributed by atoms with Gasteiger partial charge >= 0.3 is 0 Å². The van der Waals surface area contributed by atoms with Gasteiger partial charge in [-0.2, -0.15) is 0 Å². The lowest BCUT2D eigenvalue weighted by Crippen LogP contribution is -2.29. The summed E-state index contributed by atoms with van der Waals surface area (Å²) >= 11 is 0. The first-order valence-corrected chi connectivity index (χ1v) is 11.4. The number of benzene rings is 2. The third-order valence-electron chi connectivity index (χ3n) is 4.48. The number of carbonyl (C=O) groups excluding carboxylic acids is 1. The third-order valence-corrected chi connectivity index (χ3v) is 7.49. The third kappa shape index (κ3) is 5.82. The maximum atomic E-state index is 12.5. The fourth-order valence-corrected chi connectivity index (χ4v) is 6.13. The van der Waals surface area contributed by atoms with Crippen LogP contribution < -0.4 is 5.32 Å². The van der Waals surface area contributed by atoms with E-state index in [0.29, 0.717) is 6.42 Å². The van der Waals surface area contributed by atoms with Crippen LogP contribution in [0.4, 0.5) is 0 Å². The Morgan fingerprint density at radius 1 is 1.00 bits per heavy atom. The van der Waals surface area contributed by atoms with Crippen LogP contribution in [0.5, 0.6) is 0 Å². The van der Waals surface area contributed by atoms with Crippen LogP contribution in [0.2, 0.25) is 0 Å². The van der Waals surface area contributed by atoms with Crippen LogP contribution in [-0.2, 0) is 4.79 Å². The summed E-state index contributed by atoms with van der Waals surface area (Å²) in [7, 11) is 4.01. The van der Waals surface area contributed by atoms with Crippen LogP contribution >= 0.6 is 21.6 Å². The van der Waals surface area contributed by atoms with E-state index in [4.69, 9.17) is 0 Å². The normalized spacial score (nSPS) is 16.9. The molecule has 4 heteroatoms. The minimum atomic E-state index is -0.0725. The first-order valence-electron chi connectivity index (χ1n) is 9.00. The van der Waals surface area contributed by atoms with Crippen LogP contribution in [-0.4, -0.2) is 16.9 Å². The zero-order valence-corrected chi connectivity index (χ0v) is 16.0. The Morgan fingerprint density at radius 2 is 1.64 bits per heavy atom. The molecule has 1 aliphatic heterocycles. The zero-order chi connectivity index (χ0) is 17.3. The van der Waals surface area contributed by atoms with Crippen LogP contribution in [0.25, 0.3) is 0 Å². The lowest BCUT2D eigenvalue weighted by Gasteiger charge is -2.20. The summed E-state index contributed by atoms with van der Waals surface area (Å²) in [5, 5.41) is 4.03. The molecule has 1 aliphatic rings. The van der Waals surface area contributed by atoms with Crippen molar-refractivity contribution in [1.29, 1.82) is 0 Å². The van der Waals surface area contributed by atoms with Gasteiger partial charge in [-0.1, -0.05) is 88.7 Å². The van der Waals surface area contributed by atoms with Crippen LogP contribution in [0.3, 0.4) is 0 Å². The van der Waals surface area contributed by atoms with E-state index >= 15 is 0 Å². The van der Waals surface area contributed by atoms with Crippen LogP contribution in [0, 0.1) is 0 Å². The van der Waals surface area contributed by atoms with E-state index in [0.717, 1.165) is 29.2 Å². The molecule has 1 N–H and O–H groups in total. The van der Waals surface area contributed by atoms with Gasteiger partial charge in [-0.3, -0.25) is 4.79 Å². The van der Waals surface area contributed by atoms with Crippen molar-refractivity contribution < 1.29 is 4.79 Å². The molecule has 1 unspecified atom stereocenters. The molecule has 1 atom stereocenters. The summed E-state index contributed by atoms with van der Waals surface area (Å²) in [6.45, 7) is 0. The van der Waals surface area contributed by atoms with Gasteiger partial charge in [0.2, 0.25) is 5.91 Å². The number of hydrogen-bond donors (Lipinski definition) is 1. The van der Waals surface area contributed by atoms with Crippen molar-refractivity contribution in [3.05, 3.63) is 71.8 Å². The van der Waals surface area contributed by atoms with Gasteiger partial charge in [-0.25, -0.2) is 0 Å². The van der Waals surface area contributed by atoms with E-state index in [9.17, 15) is 4.79 Å². The first-order chi connectivity index (χ1) is 12.3. The molecule has 3 rings (SSSR count). The number of hydrogen-bond acceptors (Lipinski definition) is 3. The number of rotatable bonds is 8. The van der Waals surface area contributed by atoms with E-state index in [1.807, 2.05) is 58.0 Å². The Labute approximate surface area is 158 Å². The molecule has 2 aromatic carbocycles. The second-order valence-electron chi connectivity index (χ2n) is 6.40. The molecule has 1 heterocycles. The molecule has 1 amide bonds. The van der Waals surface area contributed by atoms with Gasteiger partial charge in [0.15, 0.2) is 0 Å². The van der Waals surface area contributed by atoms with Gasteiger partial charge in [-0.15, -0.1) is 0 Å². The number of unbranched alkanes of at least 4 members (excludes halogenated alkanes) is 1. The number of amides is 1. The molecule has 0 spiro atoms. The van der Waals surface area contributed by atoms with Crippen molar-refractivity contribution >= 4 is 27.5 Å². The number of carbonyl (C=O) groups is 1. The van der Waals surface area contributed by atoms with Gasteiger partial charge in [0, 0.05) is 17.4 Å². The van der Waals surface area contributed by atoms with Crippen molar-refractivity contribution in [2.45, 2.75) is 43.4 Å². The van der Waals surface area contributed by atoms with Crippen molar-refractivity contribution in [2.75, 3.05) is 5.75 Å². The summed E-state index contributed by atoms with van der Waals surface area (Å²) in [6.07, 6.45) is 5.30. The average Bonchev–Trinajstić information content (AvgIpc) is 3.18. The molecule has 2 aromatic rings. The molecule has 0 radical (unpaired) electrons. The topological polar surface area (TPSA) is 29.1 Å². The predicted molar refractivity (Wildman–Crippen MR) is 110 cm³/mol. The minimum absolute atomic E-state index is 0.0725. The highest BCUT2D eigenvalue weighted by Gasteiger charge is 2.18. The summed E-state index contributed by atoms with van der Waals surface area (Å²) in [5.41, 5.74) is 2.25. The molecule has 1 fully saturated rings. The summed E-state index contributed by atoms with van der Waals surface area (Å²) in [4.78, 5) is 12.5. The van der Waals surface area contributed by atoms with Crippen molar-refractivity contribution in [1.82, 2.24) is 5.32 Å². The second kappa shape index (κ2) is 9.93. The maximum Gasteiger partial charge on any atom is 0.220 e. The molecule has 0 aromatic heterocycles. The Kier molecular flexibility index (Phi) is 7.31. The molecule has 0 saturated carbocycles. The smallest absolute Gasteiger partial charge is 0.220 e. The maximum absolute atomic E-state index is 12.5. The molecule has 0 aliphatic carbocycles. The molecule has 132 valence electrons. The highest BCUT2D eigenvalue weighted by atomic mass is 33.1.